The predicted molar refractivity (Wildman–Crippen MR) is 113 cm³/mol. The minimum absolute atomic E-state index is 0.0342. The molecule has 9 nitrogen and oxygen atoms in total. The van der Waals surface area contributed by atoms with Crippen molar-refractivity contribution in [2.75, 3.05) is 36.9 Å². The van der Waals surface area contributed by atoms with Crippen LogP contribution in [0.2, 0.25) is 0 Å². The van der Waals surface area contributed by atoms with Crippen molar-refractivity contribution in [2.24, 2.45) is 0 Å². The summed E-state index contributed by atoms with van der Waals surface area (Å²) in [5.74, 6) is 1.27. The third kappa shape index (κ3) is 5.12. The van der Waals surface area contributed by atoms with Crippen LogP contribution in [0.25, 0.3) is 0 Å². The molecule has 3 aromatic rings. The maximum atomic E-state index is 12.4. The number of amides is 1. The van der Waals surface area contributed by atoms with E-state index in [1.165, 1.54) is 5.56 Å². The van der Waals surface area contributed by atoms with Gasteiger partial charge in [-0.1, -0.05) is 30.3 Å². The van der Waals surface area contributed by atoms with E-state index in [2.05, 4.69) is 37.8 Å². The first-order valence-electron chi connectivity index (χ1n) is 9.94. The number of carbonyl (C=O) groups is 1. The molecule has 2 aromatic heterocycles. The summed E-state index contributed by atoms with van der Waals surface area (Å²) in [7, 11) is 0. The van der Waals surface area contributed by atoms with Crippen LogP contribution in [0, 0.1) is 6.92 Å². The molecule has 0 saturated carbocycles. The van der Waals surface area contributed by atoms with E-state index < -0.39 is 0 Å². The molecule has 0 atom stereocenters. The van der Waals surface area contributed by atoms with Crippen LogP contribution in [0.1, 0.15) is 11.1 Å². The third-order valence-corrected chi connectivity index (χ3v) is 4.82. The van der Waals surface area contributed by atoms with E-state index in [1.54, 1.807) is 28.2 Å². The molecule has 1 aliphatic heterocycles. The molecule has 3 heterocycles. The quantitative estimate of drug-likeness (QED) is 0.620. The SMILES string of the molecule is Cc1cnc(Nc2cnn(CC(=O)N3CCOCC3)c2)nc1NCc1ccccc1. The Labute approximate surface area is 175 Å². The first kappa shape index (κ1) is 19.8. The van der Waals surface area contributed by atoms with Crippen molar-refractivity contribution in [1.29, 1.82) is 0 Å². The van der Waals surface area contributed by atoms with Crippen molar-refractivity contribution in [3.8, 4) is 0 Å². The number of rotatable bonds is 7. The highest BCUT2D eigenvalue weighted by molar-refractivity contribution is 5.76. The normalized spacial score (nSPS) is 13.8. The van der Waals surface area contributed by atoms with Gasteiger partial charge in [-0.05, 0) is 12.5 Å². The van der Waals surface area contributed by atoms with Crippen LogP contribution in [0.5, 0.6) is 0 Å². The fourth-order valence-corrected chi connectivity index (χ4v) is 3.16. The van der Waals surface area contributed by atoms with Crippen LogP contribution in [-0.2, 0) is 22.6 Å². The number of carbonyl (C=O) groups excluding carboxylic acids is 1. The summed E-state index contributed by atoms with van der Waals surface area (Å²) in [6, 6.07) is 10.2. The van der Waals surface area contributed by atoms with Gasteiger partial charge in [0, 0.05) is 37.6 Å². The number of ether oxygens (including phenoxy) is 1. The van der Waals surface area contributed by atoms with Crippen molar-refractivity contribution in [3.05, 3.63) is 60.0 Å². The molecule has 4 rings (SSSR count). The van der Waals surface area contributed by atoms with E-state index >= 15 is 0 Å². The summed E-state index contributed by atoms with van der Waals surface area (Å²) in [6.45, 7) is 5.26. The summed E-state index contributed by atoms with van der Waals surface area (Å²) in [5.41, 5.74) is 2.86. The zero-order valence-corrected chi connectivity index (χ0v) is 16.9. The lowest BCUT2D eigenvalue weighted by atomic mass is 10.2. The van der Waals surface area contributed by atoms with Crippen molar-refractivity contribution in [1.82, 2.24) is 24.6 Å². The van der Waals surface area contributed by atoms with Crippen molar-refractivity contribution in [2.45, 2.75) is 20.0 Å². The molecule has 0 spiro atoms. The van der Waals surface area contributed by atoms with Gasteiger partial charge >= 0.3 is 0 Å². The molecule has 156 valence electrons. The van der Waals surface area contributed by atoms with E-state index in [0.717, 1.165) is 17.1 Å². The van der Waals surface area contributed by atoms with Crippen LogP contribution < -0.4 is 10.6 Å². The Bertz CT molecular complexity index is 984. The number of hydrogen-bond acceptors (Lipinski definition) is 7. The molecule has 0 unspecified atom stereocenters. The van der Waals surface area contributed by atoms with Crippen LogP contribution in [0.4, 0.5) is 17.5 Å². The van der Waals surface area contributed by atoms with E-state index in [9.17, 15) is 4.79 Å². The summed E-state index contributed by atoms with van der Waals surface area (Å²) < 4.78 is 6.90. The minimum Gasteiger partial charge on any atom is -0.378 e. The molecule has 30 heavy (non-hydrogen) atoms. The monoisotopic (exact) mass is 407 g/mol. The molecule has 0 aliphatic carbocycles. The fourth-order valence-electron chi connectivity index (χ4n) is 3.16. The Balaban J connectivity index is 1.36. The molecule has 1 saturated heterocycles. The molecule has 1 aromatic carbocycles. The van der Waals surface area contributed by atoms with E-state index in [0.29, 0.717) is 38.8 Å². The average molecular weight is 407 g/mol. The molecule has 9 heteroatoms. The molecule has 2 N–H and O–H groups in total. The molecular weight excluding hydrogens is 382 g/mol. The zero-order chi connectivity index (χ0) is 20.8. The first-order valence-corrected chi connectivity index (χ1v) is 9.94. The van der Waals surface area contributed by atoms with Crippen LogP contribution >= 0.6 is 0 Å². The summed E-state index contributed by atoms with van der Waals surface area (Å²) in [5, 5.41) is 10.8. The fraction of sp³-hybridized carbons (Fsp3) is 0.333. The maximum Gasteiger partial charge on any atom is 0.244 e. The molecule has 1 fully saturated rings. The van der Waals surface area contributed by atoms with Crippen LogP contribution in [-0.4, -0.2) is 56.9 Å². The number of nitrogens with zero attached hydrogens (tertiary/aromatic N) is 5. The predicted octanol–water partition coefficient (Wildman–Crippen LogP) is 2.20. The lowest BCUT2D eigenvalue weighted by Gasteiger charge is -2.26. The number of aryl methyl sites for hydroxylation is 1. The van der Waals surface area contributed by atoms with E-state index in [4.69, 9.17) is 4.74 Å². The number of aromatic nitrogens is 4. The molecule has 1 amide bonds. The van der Waals surface area contributed by atoms with Gasteiger partial charge in [0.25, 0.3) is 0 Å². The van der Waals surface area contributed by atoms with Gasteiger partial charge in [0.1, 0.15) is 12.4 Å². The Morgan fingerprint density at radius 2 is 1.97 bits per heavy atom. The standard InChI is InChI=1S/C21H25N7O2/c1-16-11-23-21(26-20(16)22-12-17-5-3-2-4-6-17)25-18-13-24-28(14-18)15-19(29)27-7-9-30-10-8-27/h2-6,11,13-14H,7-10,12,15H2,1H3,(H2,22,23,25,26). The highest BCUT2D eigenvalue weighted by Crippen LogP contribution is 2.17. The lowest BCUT2D eigenvalue weighted by Crippen LogP contribution is -2.42. The molecule has 0 radical (unpaired) electrons. The van der Waals surface area contributed by atoms with Gasteiger partial charge < -0.3 is 20.3 Å². The van der Waals surface area contributed by atoms with Crippen molar-refractivity contribution in [3.63, 3.8) is 0 Å². The van der Waals surface area contributed by atoms with Gasteiger partial charge in [-0.3, -0.25) is 9.48 Å². The van der Waals surface area contributed by atoms with E-state index in [1.807, 2.05) is 25.1 Å². The first-order chi connectivity index (χ1) is 14.7. The van der Waals surface area contributed by atoms with Gasteiger partial charge in [-0.15, -0.1) is 0 Å². The number of benzene rings is 1. The Kier molecular flexibility index (Phi) is 6.19. The summed E-state index contributed by atoms with van der Waals surface area (Å²) in [6.07, 6.45) is 5.21. The van der Waals surface area contributed by atoms with Crippen molar-refractivity contribution < 1.29 is 9.53 Å². The second-order valence-electron chi connectivity index (χ2n) is 7.11. The second kappa shape index (κ2) is 9.36. The largest absolute Gasteiger partial charge is 0.378 e. The number of hydrogen-bond donors (Lipinski definition) is 2. The van der Waals surface area contributed by atoms with Gasteiger partial charge in [0.15, 0.2) is 0 Å². The minimum atomic E-state index is 0.0342. The van der Waals surface area contributed by atoms with Gasteiger partial charge in [-0.2, -0.15) is 10.1 Å². The van der Waals surface area contributed by atoms with Gasteiger partial charge in [0.2, 0.25) is 11.9 Å². The van der Waals surface area contributed by atoms with Crippen LogP contribution in [0.3, 0.4) is 0 Å². The highest BCUT2D eigenvalue weighted by Gasteiger charge is 2.17. The van der Waals surface area contributed by atoms with Gasteiger partial charge in [0.05, 0.1) is 25.1 Å². The molecular formula is C21H25N7O2. The van der Waals surface area contributed by atoms with Crippen molar-refractivity contribution >= 4 is 23.4 Å². The third-order valence-electron chi connectivity index (χ3n) is 4.82. The molecule has 0 bridgehead atoms. The topological polar surface area (TPSA) is 97.2 Å². The Morgan fingerprint density at radius 1 is 1.17 bits per heavy atom. The smallest absolute Gasteiger partial charge is 0.244 e. The average Bonchev–Trinajstić information content (AvgIpc) is 3.22. The van der Waals surface area contributed by atoms with Gasteiger partial charge in [-0.25, -0.2) is 4.98 Å². The Morgan fingerprint density at radius 3 is 2.77 bits per heavy atom. The van der Waals surface area contributed by atoms with Crippen LogP contribution in [0.15, 0.2) is 48.9 Å². The molecule has 1 aliphatic rings. The Hall–Kier alpha value is -3.46. The zero-order valence-electron chi connectivity index (χ0n) is 16.9. The second-order valence-corrected chi connectivity index (χ2v) is 7.11. The number of morpholine rings is 1. The lowest BCUT2D eigenvalue weighted by molar-refractivity contribution is -0.136. The summed E-state index contributed by atoms with van der Waals surface area (Å²) >= 11 is 0. The highest BCUT2D eigenvalue weighted by atomic mass is 16.5. The summed E-state index contributed by atoms with van der Waals surface area (Å²) in [4.78, 5) is 23.1. The number of anilines is 3. The maximum absolute atomic E-state index is 12.4. The van der Waals surface area contributed by atoms with E-state index in [-0.39, 0.29) is 12.5 Å². The number of nitrogens with one attached hydrogen (secondary N) is 2.